The molecule has 16 heavy (non-hydrogen) atoms. The molecule has 0 radical (unpaired) electrons. The van der Waals surface area contributed by atoms with Gasteiger partial charge in [0.25, 0.3) is 0 Å². The fourth-order valence-corrected chi connectivity index (χ4v) is 1.21. The predicted octanol–water partition coefficient (Wildman–Crippen LogP) is 2.04. The second-order valence-electron chi connectivity index (χ2n) is 3.86. The SMILES string of the molecule is Cc1ccc(NC(=O)CC(C)C(=O)O)cc1. The van der Waals surface area contributed by atoms with E-state index in [1.54, 1.807) is 12.1 Å². The molecule has 0 saturated carbocycles. The van der Waals surface area contributed by atoms with Gasteiger partial charge in [-0.05, 0) is 19.1 Å². The maximum atomic E-state index is 11.4. The van der Waals surface area contributed by atoms with Crippen molar-refractivity contribution in [3.05, 3.63) is 29.8 Å². The molecule has 0 saturated heterocycles. The van der Waals surface area contributed by atoms with E-state index in [2.05, 4.69) is 5.32 Å². The third-order valence-electron chi connectivity index (χ3n) is 2.25. The first-order chi connectivity index (χ1) is 7.49. The summed E-state index contributed by atoms with van der Waals surface area (Å²) in [5.41, 5.74) is 1.80. The Morgan fingerprint density at radius 2 is 1.88 bits per heavy atom. The summed E-state index contributed by atoms with van der Waals surface area (Å²) in [5.74, 6) is -1.90. The van der Waals surface area contributed by atoms with Gasteiger partial charge in [-0.1, -0.05) is 24.6 Å². The lowest BCUT2D eigenvalue weighted by molar-refractivity contribution is -0.142. The number of aryl methyl sites for hydroxylation is 1. The highest BCUT2D eigenvalue weighted by molar-refractivity contribution is 5.92. The van der Waals surface area contributed by atoms with E-state index >= 15 is 0 Å². The van der Waals surface area contributed by atoms with Crippen molar-refractivity contribution in [1.29, 1.82) is 0 Å². The predicted molar refractivity (Wildman–Crippen MR) is 61.2 cm³/mol. The van der Waals surface area contributed by atoms with Crippen molar-refractivity contribution >= 4 is 17.6 Å². The first kappa shape index (κ1) is 12.2. The zero-order valence-electron chi connectivity index (χ0n) is 9.36. The van der Waals surface area contributed by atoms with Crippen molar-refractivity contribution in [1.82, 2.24) is 0 Å². The second kappa shape index (κ2) is 5.30. The largest absolute Gasteiger partial charge is 0.481 e. The van der Waals surface area contributed by atoms with Crippen LogP contribution in [0.4, 0.5) is 5.69 Å². The first-order valence-electron chi connectivity index (χ1n) is 5.08. The fraction of sp³-hybridized carbons (Fsp3) is 0.333. The standard InChI is InChI=1S/C12H15NO3/c1-8-3-5-10(6-4-8)13-11(14)7-9(2)12(15)16/h3-6,9H,7H2,1-2H3,(H,13,14)(H,15,16). The van der Waals surface area contributed by atoms with Gasteiger partial charge in [-0.25, -0.2) is 0 Å². The smallest absolute Gasteiger partial charge is 0.306 e. The number of nitrogens with one attached hydrogen (secondary N) is 1. The summed E-state index contributed by atoms with van der Waals surface area (Å²) >= 11 is 0. The summed E-state index contributed by atoms with van der Waals surface area (Å²) in [6, 6.07) is 7.35. The lowest BCUT2D eigenvalue weighted by atomic mass is 10.1. The summed E-state index contributed by atoms with van der Waals surface area (Å²) in [5, 5.41) is 11.3. The number of carboxylic acid groups (broad SMARTS) is 1. The number of aliphatic carboxylic acids is 1. The maximum Gasteiger partial charge on any atom is 0.306 e. The monoisotopic (exact) mass is 221 g/mol. The van der Waals surface area contributed by atoms with Crippen molar-refractivity contribution in [2.24, 2.45) is 5.92 Å². The van der Waals surface area contributed by atoms with Crippen LogP contribution in [0.2, 0.25) is 0 Å². The Morgan fingerprint density at radius 1 is 1.31 bits per heavy atom. The molecule has 1 amide bonds. The van der Waals surface area contributed by atoms with Crippen molar-refractivity contribution in [3.8, 4) is 0 Å². The number of benzene rings is 1. The third kappa shape index (κ3) is 3.73. The van der Waals surface area contributed by atoms with E-state index in [-0.39, 0.29) is 12.3 Å². The zero-order chi connectivity index (χ0) is 12.1. The summed E-state index contributed by atoms with van der Waals surface area (Å²) in [6.45, 7) is 3.47. The van der Waals surface area contributed by atoms with Crippen LogP contribution in [0.25, 0.3) is 0 Å². The molecule has 1 aromatic carbocycles. The molecule has 0 aromatic heterocycles. The van der Waals surface area contributed by atoms with Gasteiger partial charge < -0.3 is 10.4 Å². The van der Waals surface area contributed by atoms with Gasteiger partial charge in [0.1, 0.15) is 0 Å². The van der Waals surface area contributed by atoms with Crippen molar-refractivity contribution in [2.45, 2.75) is 20.3 Å². The van der Waals surface area contributed by atoms with E-state index in [4.69, 9.17) is 5.11 Å². The Labute approximate surface area is 94.3 Å². The van der Waals surface area contributed by atoms with Crippen LogP contribution >= 0.6 is 0 Å². The highest BCUT2D eigenvalue weighted by Crippen LogP contribution is 2.10. The van der Waals surface area contributed by atoms with Crippen LogP contribution in [0.1, 0.15) is 18.9 Å². The summed E-state index contributed by atoms with van der Waals surface area (Å²) in [4.78, 5) is 22.0. The Hall–Kier alpha value is -1.84. The van der Waals surface area contributed by atoms with Gasteiger partial charge >= 0.3 is 5.97 Å². The molecule has 4 heteroatoms. The van der Waals surface area contributed by atoms with Crippen LogP contribution in [0.15, 0.2) is 24.3 Å². The minimum atomic E-state index is -0.959. The number of amides is 1. The van der Waals surface area contributed by atoms with Gasteiger partial charge in [0.15, 0.2) is 0 Å². The van der Waals surface area contributed by atoms with E-state index in [0.29, 0.717) is 5.69 Å². The van der Waals surface area contributed by atoms with Gasteiger partial charge in [-0.3, -0.25) is 9.59 Å². The van der Waals surface area contributed by atoms with E-state index < -0.39 is 11.9 Å². The third-order valence-corrected chi connectivity index (χ3v) is 2.25. The number of rotatable bonds is 4. The Bertz CT molecular complexity index is 384. The molecular weight excluding hydrogens is 206 g/mol. The van der Waals surface area contributed by atoms with E-state index in [9.17, 15) is 9.59 Å². The lowest BCUT2D eigenvalue weighted by Crippen LogP contribution is -2.19. The number of hydrogen-bond acceptors (Lipinski definition) is 2. The Morgan fingerprint density at radius 3 is 2.38 bits per heavy atom. The average molecular weight is 221 g/mol. The van der Waals surface area contributed by atoms with Crippen LogP contribution in [0.3, 0.4) is 0 Å². The molecule has 1 atom stereocenters. The molecule has 1 unspecified atom stereocenters. The van der Waals surface area contributed by atoms with E-state index in [1.165, 1.54) is 6.92 Å². The molecule has 0 spiro atoms. The van der Waals surface area contributed by atoms with Crippen LogP contribution in [0.5, 0.6) is 0 Å². The molecule has 1 rings (SSSR count). The normalized spacial score (nSPS) is 11.9. The summed E-state index contributed by atoms with van der Waals surface area (Å²) in [7, 11) is 0. The van der Waals surface area contributed by atoms with E-state index in [1.807, 2.05) is 19.1 Å². The van der Waals surface area contributed by atoms with Gasteiger partial charge in [0.05, 0.1) is 5.92 Å². The molecule has 0 aliphatic carbocycles. The maximum absolute atomic E-state index is 11.4. The molecule has 0 bridgehead atoms. The quantitative estimate of drug-likeness (QED) is 0.817. The van der Waals surface area contributed by atoms with Crippen LogP contribution in [0, 0.1) is 12.8 Å². The lowest BCUT2D eigenvalue weighted by Gasteiger charge is -2.07. The molecule has 2 N–H and O–H groups in total. The number of carbonyl (C=O) groups excluding carboxylic acids is 1. The highest BCUT2D eigenvalue weighted by Gasteiger charge is 2.15. The Balaban J connectivity index is 2.52. The number of carbonyl (C=O) groups is 2. The molecular formula is C12H15NO3. The molecule has 0 heterocycles. The first-order valence-corrected chi connectivity index (χ1v) is 5.08. The molecule has 4 nitrogen and oxygen atoms in total. The van der Waals surface area contributed by atoms with Crippen molar-refractivity contribution < 1.29 is 14.7 Å². The van der Waals surface area contributed by atoms with Crippen LogP contribution < -0.4 is 5.32 Å². The molecule has 86 valence electrons. The fourth-order valence-electron chi connectivity index (χ4n) is 1.21. The number of carboxylic acids is 1. The van der Waals surface area contributed by atoms with Gasteiger partial charge in [0.2, 0.25) is 5.91 Å². The minimum absolute atomic E-state index is 0.0107. The van der Waals surface area contributed by atoms with Gasteiger partial charge in [-0.15, -0.1) is 0 Å². The highest BCUT2D eigenvalue weighted by atomic mass is 16.4. The number of hydrogen-bond donors (Lipinski definition) is 2. The Kier molecular flexibility index (Phi) is 4.05. The van der Waals surface area contributed by atoms with Gasteiger partial charge in [-0.2, -0.15) is 0 Å². The summed E-state index contributed by atoms with van der Waals surface area (Å²) in [6.07, 6.45) is -0.0107. The second-order valence-corrected chi connectivity index (χ2v) is 3.86. The zero-order valence-corrected chi connectivity index (χ0v) is 9.36. The van der Waals surface area contributed by atoms with E-state index in [0.717, 1.165) is 5.56 Å². The van der Waals surface area contributed by atoms with Crippen molar-refractivity contribution in [3.63, 3.8) is 0 Å². The van der Waals surface area contributed by atoms with Gasteiger partial charge in [0, 0.05) is 12.1 Å². The molecule has 0 aliphatic heterocycles. The molecule has 0 fully saturated rings. The molecule has 0 aliphatic rings. The average Bonchev–Trinajstić information content (AvgIpc) is 2.21. The van der Waals surface area contributed by atoms with Crippen molar-refractivity contribution in [2.75, 3.05) is 5.32 Å². The summed E-state index contributed by atoms with van der Waals surface area (Å²) < 4.78 is 0. The van der Waals surface area contributed by atoms with Crippen LogP contribution in [-0.4, -0.2) is 17.0 Å². The topological polar surface area (TPSA) is 66.4 Å². The minimum Gasteiger partial charge on any atom is -0.481 e. The number of anilines is 1. The molecule has 1 aromatic rings. The van der Waals surface area contributed by atoms with Crippen LogP contribution in [-0.2, 0) is 9.59 Å².